The summed E-state index contributed by atoms with van der Waals surface area (Å²) in [4.78, 5) is 11.1. The maximum absolute atomic E-state index is 11.1. The molecule has 0 saturated carbocycles. The van der Waals surface area contributed by atoms with E-state index in [4.69, 9.17) is 9.47 Å². The number of hydrogen-bond acceptors (Lipinski definition) is 3. The van der Waals surface area contributed by atoms with E-state index in [1.54, 1.807) is 0 Å². The highest BCUT2D eigenvalue weighted by Gasteiger charge is 2.02. The van der Waals surface area contributed by atoms with Crippen molar-refractivity contribution < 1.29 is 14.3 Å². The molecule has 0 aliphatic carbocycles. The third kappa shape index (κ3) is 4.78. The number of carbonyl (C=O) groups is 1. The van der Waals surface area contributed by atoms with Gasteiger partial charge in [-0.05, 0) is 49.9 Å². The normalized spacial score (nSPS) is 10.2. The predicted molar refractivity (Wildman–Crippen MR) is 71.9 cm³/mol. The minimum Gasteiger partial charge on any atom is -0.494 e. The molecule has 3 heteroatoms. The van der Waals surface area contributed by atoms with Crippen LogP contribution in [0.1, 0.15) is 37.8 Å². The van der Waals surface area contributed by atoms with Gasteiger partial charge in [-0.15, -0.1) is 0 Å². The van der Waals surface area contributed by atoms with E-state index in [0.717, 1.165) is 12.2 Å². The van der Waals surface area contributed by atoms with E-state index in [9.17, 15) is 4.79 Å². The van der Waals surface area contributed by atoms with E-state index in [1.807, 2.05) is 13.0 Å². The first-order valence-electron chi connectivity index (χ1n) is 6.55. The van der Waals surface area contributed by atoms with E-state index in [1.165, 1.54) is 11.1 Å². The van der Waals surface area contributed by atoms with Gasteiger partial charge in [0.05, 0.1) is 13.2 Å². The zero-order valence-corrected chi connectivity index (χ0v) is 11.5. The van der Waals surface area contributed by atoms with Crippen molar-refractivity contribution in [1.82, 2.24) is 0 Å². The van der Waals surface area contributed by atoms with E-state index in [2.05, 4.69) is 26.0 Å². The van der Waals surface area contributed by atoms with E-state index >= 15 is 0 Å². The van der Waals surface area contributed by atoms with Gasteiger partial charge in [0, 0.05) is 6.42 Å². The molecule has 0 radical (unpaired) electrons. The van der Waals surface area contributed by atoms with Gasteiger partial charge in [-0.25, -0.2) is 0 Å². The lowest BCUT2D eigenvalue weighted by Gasteiger charge is -2.09. The van der Waals surface area contributed by atoms with Crippen molar-refractivity contribution in [2.24, 2.45) is 0 Å². The Hall–Kier alpha value is -1.51. The van der Waals surface area contributed by atoms with Crippen LogP contribution in [0.3, 0.4) is 0 Å². The summed E-state index contributed by atoms with van der Waals surface area (Å²) >= 11 is 0. The van der Waals surface area contributed by atoms with Gasteiger partial charge in [0.15, 0.2) is 0 Å². The average Bonchev–Trinajstić information content (AvgIpc) is 2.37. The lowest BCUT2D eigenvalue weighted by Crippen LogP contribution is -2.06. The average molecular weight is 250 g/mol. The Morgan fingerprint density at radius 1 is 1.28 bits per heavy atom. The molecular formula is C15H22O3. The van der Waals surface area contributed by atoms with Crippen LogP contribution in [0.25, 0.3) is 0 Å². The summed E-state index contributed by atoms with van der Waals surface area (Å²) in [5.74, 6) is 0.723. The standard InChI is InChI=1S/C15H22O3/c1-4-13-11-14(9-8-12(13)3)18-10-6-7-15(16)17-5-2/h8-9,11H,4-7,10H2,1-3H3. The van der Waals surface area contributed by atoms with Crippen molar-refractivity contribution in [1.29, 1.82) is 0 Å². The molecule has 1 aromatic carbocycles. The Kier molecular flexibility index (Phi) is 6.26. The van der Waals surface area contributed by atoms with Gasteiger partial charge in [0.1, 0.15) is 5.75 Å². The molecule has 0 atom stereocenters. The van der Waals surface area contributed by atoms with Crippen molar-refractivity contribution in [3.63, 3.8) is 0 Å². The van der Waals surface area contributed by atoms with Crippen LogP contribution in [0.4, 0.5) is 0 Å². The third-order valence-electron chi connectivity index (χ3n) is 2.80. The SMILES string of the molecule is CCOC(=O)CCCOc1ccc(C)c(CC)c1. The minimum absolute atomic E-state index is 0.153. The zero-order valence-electron chi connectivity index (χ0n) is 11.5. The largest absolute Gasteiger partial charge is 0.494 e. The molecule has 0 fully saturated rings. The summed E-state index contributed by atoms with van der Waals surface area (Å²) in [7, 11) is 0. The molecule has 100 valence electrons. The summed E-state index contributed by atoms with van der Waals surface area (Å²) < 4.78 is 10.5. The molecule has 1 aromatic rings. The maximum Gasteiger partial charge on any atom is 0.305 e. The lowest BCUT2D eigenvalue weighted by molar-refractivity contribution is -0.143. The number of carbonyl (C=O) groups excluding carboxylic acids is 1. The number of ether oxygens (including phenoxy) is 2. The molecule has 0 unspecified atom stereocenters. The Labute approximate surface area is 109 Å². The number of hydrogen-bond donors (Lipinski definition) is 0. The summed E-state index contributed by atoms with van der Waals surface area (Å²) in [5, 5.41) is 0. The van der Waals surface area contributed by atoms with Crippen LogP contribution in [0.15, 0.2) is 18.2 Å². The highest BCUT2D eigenvalue weighted by Crippen LogP contribution is 2.18. The molecule has 0 aliphatic rings. The van der Waals surface area contributed by atoms with Crippen molar-refractivity contribution in [2.45, 2.75) is 40.0 Å². The number of rotatable bonds is 7. The second-order valence-electron chi connectivity index (χ2n) is 4.20. The van der Waals surface area contributed by atoms with Crippen LogP contribution in [0.2, 0.25) is 0 Å². The van der Waals surface area contributed by atoms with E-state index in [-0.39, 0.29) is 5.97 Å². The molecule has 0 N–H and O–H groups in total. The Balaban J connectivity index is 2.33. The first-order valence-corrected chi connectivity index (χ1v) is 6.55. The number of benzene rings is 1. The topological polar surface area (TPSA) is 35.5 Å². The van der Waals surface area contributed by atoms with E-state index in [0.29, 0.717) is 26.1 Å². The number of aryl methyl sites for hydroxylation is 2. The molecule has 0 spiro atoms. The zero-order chi connectivity index (χ0) is 13.4. The van der Waals surface area contributed by atoms with Gasteiger partial charge in [-0.3, -0.25) is 4.79 Å². The van der Waals surface area contributed by atoms with Gasteiger partial charge < -0.3 is 9.47 Å². The molecular weight excluding hydrogens is 228 g/mol. The van der Waals surface area contributed by atoms with Gasteiger partial charge in [0.25, 0.3) is 0 Å². The summed E-state index contributed by atoms with van der Waals surface area (Å²) in [6, 6.07) is 6.11. The molecule has 0 aliphatic heterocycles. The molecule has 3 nitrogen and oxygen atoms in total. The fourth-order valence-electron chi connectivity index (χ4n) is 1.76. The van der Waals surface area contributed by atoms with Gasteiger partial charge in [-0.2, -0.15) is 0 Å². The van der Waals surface area contributed by atoms with E-state index < -0.39 is 0 Å². The van der Waals surface area contributed by atoms with Crippen molar-refractivity contribution >= 4 is 5.97 Å². The smallest absolute Gasteiger partial charge is 0.305 e. The minimum atomic E-state index is -0.153. The Morgan fingerprint density at radius 2 is 2.06 bits per heavy atom. The van der Waals surface area contributed by atoms with Gasteiger partial charge >= 0.3 is 5.97 Å². The van der Waals surface area contributed by atoms with Crippen LogP contribution >= 0.6 is 0 Å². The van der Waals surface area contributed by atoms with Crippen LogP contribution < -0.4 is 4.74 Å². The molecule has 0 heterocycles. The molecule has 1 rings (SSSR count). The first-order chi connectivity index (χ1) is 8.67. The summed E-state index contributed by atoms with van der Waals surface area (Å²) in [6.07, 6.45) is 2.11. The second kappa shape index (κ2) is 7.75. The molecule has 0 amide bonds. The number of esters is 1. The Morgan fingerprint density at radius 3 is 2.72 bits per heavy atom. The monoisotopic (exact) mass is 250 g/mol. The maximum atomic E-state index is 11.1. The first kappa shape index (κ1) is 14.6. The highest BCUT2D eigenvalue weighted by molar-refractivity contribution is 5.69. The van der Waals surface area contributed by atoms with Crippen LogP contribution in [0.5, 0.6) is 5.75 Å². The Bertz CT molecular complexity index is 385. The van der Waals surface area contributed by atoms with Crippen LogP contribution in [-0.4, -0.2) is 19.2 Å². The fraction of sp³-hybridized carbons (Fsp3) is 0.533. The van der Waals surface area contributed by atoms with Crippen molar-refractivity contribution in [3.05, 3.63) is 29.3 Å². The quantitative estimate of drug-likeness (QED) is 0.550. The fourth-order valence-corrected chi connectivity index (χ4v) is 1.76. The summed E-state index contributed by atoms with van der Waals surface area (Å²) in [5.41, 5.74) is 2.59. The third-order valence-corrected chi connectivity index (χ3v) is 2.80. The molecule has 0 saturated heterocycles. The van der Waals surface area contributed by atoms with Crippen molar-refractivity contribution in [2.75, 3.05) is 13.2 Å². The van der Waals surface area contributed by atoms with Crippen LogP contribution in [0, 0.1) is 6.92 Å². The molecule has 0 aromatic heterocycles. The highest BCUT2D eigenvalue weighted by atomic mass is 16.5. The summed E-state index contributed by atoms with van der Waals surface area (Å²) in [6.45, 7) is 7.03. The van der Waals surface area contributed by atoms with Gasteiger partial charge in [0.2, 0.25) is 0 Å². The lowest BCUT2D eigenvalue weighted by atomic mass is 10.1. The second-order valence-corrected chi connectivity index (χ2v) is 4.20. The predicted octanol–water partition coefficient (Wildman–Crippen LogP) is 3.28. The van der Waals surface area contributed by atoms with Crippen molar-refractivity contribution in [3.8, 4) is 5.75 Å². The van der Waals surface area contributed by atoms with Gasteiger partial charge in [-0.1, -0.05) is 13.0 Å². The van der Waals surface area contributed by atoms with Crippen LogP contribution in [-0.2, 0) is 16.0 Å². The molecule has 18 heavy (non-hydrogen) atoms. The molecule has 0 bridgehead atoms.